The van der Waals surface area contributed by atoms with Crippen LogP contribution in [-0.4, -0.2) is 27.6 Å². The van der Waals surface area contributed by atoms with Crippen molar-refractivity contribution in [1.82, 2.24) is 0 Å². The molecule has 0 saturated carbocycles. The van der Waals surface area contributed by atoms with Gasteiger partial charge in [0.05, 0.1) is 0 Å². The summed E-state index contributed by atoms with van der Waals surface area (Å²) in [6, 6.07) is 0. The summed E-state index contributed by atoms with van der Waals surface area (Å²) < 4.78 is 2.78. The molecule has 6 heavy (non-hydrogen) atoms. The van der Waals surface area contributed by atoms with Crippen molar-refractivity contribution in [2.75, 3.05) is 0 Å². The van der Waals surface area contributed by atoms with E-state index in [1.54, 1.807) is 13.5 Å². The predicted molar refractivity (Wildman–Crippen MR) is 26.9 cm³/mol. The van der Waals surface area contributed by atoms with E-state index < -0.39 is 0 Å². The summed E-state index contributed by atoms with van der Waals surface area (Å²) in [7, 11) is 4.96. The van der Waals surface area contributed by atoms with Crippen LogP contribution >= 0.6 is 0 Å². The molecule has 0 rings (SSSR count). The van der Waals surface area contributed by atoms with E-state index in [0.29, 0.717) is 0 Å². The third kappa shape index (κ3) is 4.75. The van der Waals surface area contributed by atoms with Crippen LogP contribution in [0.25, 0.3) is 0 Å². The van der Waals surface area contributed by atoms with Crippen molar-refractivity contribution in [1.29, 1.82) is 0 Å². The van der Waals surface area contributed by atoms with Gasteiger partial charge in [-0.05, 0) is 0 Å². The van der Waals surface area contributed by atoms with E-state index in [-0.39, 0.29) is 0 Å². The van der Waals surface area contributed by atoms with E-state index in [1.165, 1.54) is 6.69 Å². The van der Waals surface area contributed by atoms with Gasteiger partial charge in [0.2, 0.25) is 0 Å². The van der Waals surface area contributed by atoms with Crippen molar-refractivity contribution in [2.45, 2.75) is 0 Å². The van der Waals surface area contributed by atoms with Gasteiger partial charge >= 0.3 is 51.3 Å². The second-order valence-electron chi connectivity index (χ2n) is 0.696. The molecule has 0 atom stereocenters. The van der Waals surface area contributed by atoms with Crippen LogP contribution in [0.15, 0.2) is 0 Å². The molecule has 0 amide bonds. The molecule has 0 heterocycles. The third-order valence-electron chi connectivity index (χ3n) is 0.291. The molecule has 0 spiro atoms. The molecule has 0 nitrogen and oxygen atoms in total. The van der Waals surface area contributed by atoms with Crippen LogP contribution in [0.1, 0.15) is 0 Å². The second-order valence-corrected chi connectivity index (χ2v) is 1.15. The van der Waals surface area contributed by atoms with Gasteiger partial charge in [-0.15, -0.1) is 0 Å². The summed E-state index contributed by atoms with van der Waals surface area (Å²) >= 11 is 1.82. The van der Waals surface area contributed by atoms with Crippen LogP contribution in [0.2, 0.25) is 0 Å². The number of rotatable bonds is 1. The van der Waals surface area contributed by atoms with Crippen molar-refractivity contribution in [3.8, 4) is 4.01 Å². The summed E-state index contributed by atoms with van der Waals surface area (Å²) in [6.07, 6.45) is 0. The number of hydrogen-bond acceptors (Lipinski definition) is 0. The van der Waals surface area contributed by atoms with Gasteiger partial charge in [-0.1, -0.05) is 0 Å². The van der Waals surface area contributed by atoms with Crippen molar-refractivity contribution in [2.24, 2.45) is 0 Å². The number of hydrogen-bond donors (Lipinski definition) is 0. The molecule has 0 saturated heterocycles. The molecule has 0 aliphatic carbocycles. The maximum absolute atomic E-state index is 4.96. The minimum absolute atomic E-state index is 1.47. The molecule has 0 aromatic rings. The Hall–Kier alpha value is 0.754. The van der Waals surface area contributed by atoms with Crippen molar-refractivity contribution in [3.63, 3.8) is 0 Å². The molecule has 0 fully saturated rings. The van der Waals surface area contributed by atoms with E-state index in [4.69, 9.17) is 7.37 Å². The van der Waals surface area contributed by atoms with Crippen molar-refractivity contribution < 1.29 is 19.8 Å². The SMILES string of the molecule is [B]=BB=B[C]#[Ti]. The zero-order chi connectivity index (χ0) is 4.83. The molecule has 0 bridgehead atoms. The zero-order valence-corrected chi connectivity index (χ0v) is 4.87. The Balaban J connectivity index is 3.26. The summed E-state index contributed by atoms with van der Waals surface area (Å²) in [4.78, 5) is 0. The quantitative estimate of drug-likeness (QED) is 0.353. The fourth-order valence-corrected chi connectivity index (χ4v) is 0.254. The monoisotopic (exact) mass is 104 g/mol. The zero-order valence-electron chi connectivity index (χ0n) is 3.31. The Labute approximate surface area is 51.6 Å². The average Bonchev–Trinajstić information content (AvgIpc) is 1.61. The van der Waals surface area contributed by atoms with Gasteiger partial charge in [0, 0.05) is 0 Å². The summed E-state index contributed by atoms with van der Waals surface area (Å²) in [6.45, 7) is 4.94. The Morgan fingerprint density at radius 3 is 2.50 bits per heavy atom. The molecular formula is CB4Ti. The van der Waals surface area contributed by atoms with Gasteiger partial charge < -0.3 is 0 Å². The molecule has 1 radical (unpaired) electrons. The average molecular weight is 103 g/mol. The third-order valence-corrected chi connectivity index (χ3v) is 0.551. The first kappa shape index (κ1) is 6.75. The standard InChI is InChI=1S/CB4.Ti/c1-3-5-4-2;. The first-order chi connectivity index (χ1) is 2.91. The second kappa shape index (κ2) is 5.75. The van der Waals surface area contributed by atoms with E-state index in [2.05, 4.69) is 4.01 Å². The molecule has 0 N–H and O–H groups in total. The molecule has 5 heteroatoms. The van der Waals surface area contributed by atoms with E-state index >= 15 is 0 Å². The Morgan fingerprint density at radius 1 is 1.67 bits per heavy atom. The Bertz CT molecular complexity index is 98.6. The van der Waals surface area contributed by atoms with Gasteiger partial charge in [0.25, 0.3) is 0 Å². The normalized spacial score (nSPS) is 4.83. The van der Waals surface area contributed by atoms with Gasteiger partial charge in [0.1, 0.15) is 0 Å². The van der Waals surface area contributed by atoms with Gasteiger partial charge in [-0.3, -0.25) is 0 Å². The van der Waals surface area contributed by atoms with E-state index in [1.807, 2.05) is 19.8 Å². The van der Waals surface area contributed by atoms with Crippen LogP contribution in [0, 0.1) is 4.01 Å². The molecule has 0 aromatic heterocycles. The van der Waals surface area contributed by atoms with Gasteiger partial charge in [0.15, 0.2) is 0 Å². The van der Waals surface area contributed by atoms with Crippen LogP contribution in [0.5, 0.6) is 0 Å². The minimum atomic E-state index is 1.47. The van der Waals surface area contributed by atoms with Crippen LogP contribution < -0.4 is 0 Å². The maximum atomic E-state index is 4.96. The van der Waals surface area contributed by atoms with Crippen molar-refractivity contribution >= 4 is 27.6 Å². The summed E-state index contributed by atoms with van der Waals surface area (Å²) in [5.41, 5.74) is 0. The summed E-state index contributed by atoms with van der Waals surface area (Å²) in [5.74, 6) is 0. The first-order valence-electron chi connectivity index (χ1n) is 1.54. The van der Waals surface area contributed by atoms with Crippen LogP contribution in [0.3, 0.4) is 0 Å². The topological polar surface area (TPSA) is 0 Å². The molecule has 20 valence electrons. The molecule has 0 aliphatic rings. The Kier molecular flexibility index (Phi) is 6.48. The molecule has 0 aromatic carbocycles. The molecule has 0 aliphatic heterocycles. The summed E-state index contributed by atoms with van der Waals surface area (Å²) in [5, 5.41) is 0. The fourth-order valence-electron chi connectivity index (χ4n) is 0.104. The molecule has 0 unspecified atom stereocenters. The van der Waals surface area contributed by atoms with Crippen molar-refractivity contribution in [3.05, 3.63) is 0 Å². The van der Waals surface area contributed by atoms with E-state index in [9.17, 15) is 0 Å². The predicted octanol–water partition coefficient (Wildman–Crippen LogP) is -1.52. The van der Waals surface area contributed by atoms with Crippen LogP contribution in [-0.2, 0) is 19.8 Å². The van der Waals surface area contributed by atoms with Crippen LogP contribution in [0.4, 0.5) is 0 Å². The first-order valence-corrected chi connectivity index (χ1v) is 2.32. The van der Waals surface area contributed by atoms with Gasteiger partial charge in [-0.25, -0.2) is 0 Å². The van der Waals surface area contributed by atoms with Gasteiger partial charge in [-0.2, -0.15) is 0 Å². The molecular weight excluding hydrogens is 103 g/mol. The Morgan fingerprint density at radius 2 is 2.33 bits per heavy atom. The fraction of sp³-hybridized carbons (Fsp3) is 0. The van der Waals surface area contributed by atoms with E-state index in [0.717, 1.165) is 0 Å².